The summed E-state index contributed by atoms with van der Waals surface area (Å²) < 4.78 is 5.84. The van der Waals surface area contributed by atoms with Gasteiger partial charge in [-0.25, -0.2) is 0 Å². The molecular formula is C14H23N3O. The van der Waals surface area contributed by atoms with Crippen molar-refractivity contribution in [2.75, 3.05) is 0 Å². The molecule has 2 atom stereocenters. The van der Waals surface area contributed by atoms with E-state index in [2.05, 4.69) is 31.0 Å². The first kappa shape index (κ1) is 13.3. The van der Waals surface area contributed by atoms with E-state index in [-0.39, 0.29) is 17.6 Å². The van der Waals surface area contributed by atoms with Crippen molar-refractivity contribution in [3.63, 3.8) is 0 Å². The first-order valence-corrected chi connectivity index (χ1v) is 6.73. The van der Waals surface area contributed by atoms with E-state index in [1.807, 2.05) is 12.1 Å². The topological polar surface area (TPSA) is 61.0 Å². The minimum Gasteiger partial charge on any atom is -0.472 e. The Morgan fingerprint density at radius 1 is 1.17 bits per heavy atom. The Kier molecular flexibility index (Phi) is 3.85. The van der Waals surface area contributed by atoms with Crippen molar-refractivity contribution in [2.24, 2.45) is 5.73 Å². The second-order valence-corrected chi connectivity index (χ2v) is 6.11. The molecule has 1 saturated carbocycles. The molecule has 1 aliphatic carbocycles. The highest BCUT2D eigenvalue weighted by Crippen LogP contribution is 2.23. The average Bonchev–Trinajstić information content (AvgIpc) is 2.32. The predicted octanol–water partition coefficient (Wildman–Crippen LogP) is 2.42. The molecule has 0 bridgehead atoms. The molecule has 18 heavy (non-hydrogen) atoms. The maximum absolute atomic E-state index is 6.05. The molecule has 0 aromatic carbocycles. The molecule has 0 aliphatic heterocycles. The van der Waals surface area contributed by atoms with Crippen molar-refractivity contribution in [1.82, 2.24) is 10.2 Å². The van der Waals surface area contributed by atoms with Gasteiger partial charge in [0.15, 0.2) is 0 Å². The van der Waals surface area contributed by atoms with Gasteiger partial charge in [0.25, 0.3) is 0 Å². The van der Waals surface area contributed by atoms with Gasteiger partial charge in [0.1, 0.15) is 6.10 Å². The number of hydrogen-bond donors (Lipinski definition) is 1. The van der Waals surface area contributed by atoms with Crippen LogP contribution in [0.2, 0.25) is 0 Å². The molecule has 2 N–H and O–H groups in total. The third kappa shape index (κ3) is 3.19. The number of rotatable bonds is 2. The van der Waals surface area contributed by atoms with Gasteiger partial charge in [-0.15, -0.1) is 5.10 Å². The van der Waals surface area contributed by atoms with Crippen LogP contribution in [0.15, 0.2) is 12.1 Å². The first-order valence-electron chi connectivity index (χ1n) is 6.73. The smallest absolute Gasteiger partial charge is 0.233 e. The van der Waals surface area contributed by atoms with Gasteiger partial charge < -0.3 is 10.5 Å². The van der Waals surface area contributed by atoms with Crippen LogP contribution in [0.1, 0.15) is 52.1 Å². The molecule has 4 nitrogen and oxygen atoms in total. The van der Waals surface area contributed by atoms with Crippen molar-refractivity contribution in [3.8, 4) is 5.88 Å². The molecule has 1 aromatic heterocycles. The van der Waals surface area contributed by atoms with Crippen molar-refractivity contribution in [3.05, 3.63) is 17.8 Å². The summed E-state index contributed by atoms with van der Waals surface area (Å²) in [7, 11) is 0. The van der Waals surface area contributed by atoms with Crippen LogP contribution in [0, 0.1) is 0 Å². The van der Waals surface area contributed by atoms with Crippen molar-refractivity contribution in [2.45, 2.75) is 64.0 Å². The lowest BCUT2D eigenvalue weighted by atomic mass is 9.92. The lowest BCUT2D eigenvalue weighted by molar-refractivity contribution is 0.125. The van der Waals surface area contributed by atoms with Gasteiger partial charge in [0.2, 0.25) is 5.88 Å². The Balaban J connectivity index is 2.02. The molecule has 0 unspecified atom stereocenters. The Morgan fingerprint density at radius 3 is 2.44 bits per heavy atom. The van der Waals surface area contributed by atoms with E-state index in [0.717, 1.165) is 18.5 Å². The van der Waals surface area contributed by atoms with Gasteiger partial charge in [0, 0.05) is 17.5 Å². The fourth-order valence-electron chi connectivity index (χ4n) is 2.21. The summed E-state index contributed by atoms with van der Waals surface area (Å²) in [6.07, 6.45) is 4.54. The second-order valence-electron chi connectivity index (χ2n) is 6.11. The molecule has 4 heteroatoms. The summed E-state index contributed by atoms with van der Waals surface area (Å²) in [5, 5.41) is 8.37. The monoisotopic (exact) mass is 249 g/mol. The van der Waals surface area contributed by atoms with E-state index in [1.165, 1.54) is 12.8 Å². The van der Waals surface area contributed by atoms with Gasteiger partial charge in [0.05, 0.1) is 5.69 Å². The molecule has 0 amide bonds. The zero-order chi connectivity index (χ0) is 13.2. The van der Waals surface area contributed by atoms with E-state index in [4.69, 9.17) is 10.5 Å². The van der Waals surface area contributed by atoms with Crippen LogP contribution in [0.5, 0.6) is 5.88 Å². The summed E-state index contributed by atoms with van der Waals surface area (Å²) in [6.45, 7) is 6.36. The number of ether oxygens (including phenoxy) is 1. The van der Waals surface area contributed by atoms with Crippen LogP contribution in [0.3, 0.4) is 0 Å². The van der Waals surface area contributed by atoms with E-state index in [0.29, 0.717) is 5.88 Å². The third-order valence-electron chi connectivity index (χ3n) is 3.43. The highest BCUT2D eigenvalue weighted by atomic mass is 16.5. The summed E-state index contributed by atoms with van der Waals surface area (Å²) in [5.41, 5.74) is 7.05. The van der Waals surface area contributed by atoms with Crippen LogP contribution in [0.4, 0.5) is 0 Å². The third-order valence-corrected chi connectivity index (χ3v) is 3.43. The quantitative estimate of drug-likeness (QED) is 0.874. The van der Waals surface area contributed by atoms with Crippen LogP contribution in [-0.4, -0.2) is 22.3 Å². The van der Waals surface area contributed by atoms with Crippen molar-refractivity contribution >= 4 is 0 Å². The largest absolute Gasteiger partial charge is 0.472 e. The number of hydrogen-bond acceptors (Lipinski definition) is 4. The van der Waals surface area contributed by atoms with Crippen LogP contribution >= 0.6 is 0 Å². The molecule has 100 valence electrons. The zero-order valence-corrected chi connectivity index (χ0v) is 11.5. The predicted molar refractivity (Wildman–Crippen MR) is 71.6 cm³/mol. The fourth-order valence-corrected chi connectivity index (χ4v) is 2.21. The van der Waals surface area contributed by atoms with Gasteiger partial charge in [-0.1, -0.05) is 27.2 Å². The number of aromatic nitrogens is 2. The molecule has 0 spiro atoms. The Hall–Kier alpha value is -1.16. The maximum Gasteiger partial charge on any atom is 0.233 e. The number of nitrogens with zero attached hydrogens (tertiary/aromatic N) is 2. The highest BCUT2D eigenvalue weighted by molar-refractivity contribution is 5.17. The summed E-state index contributed by atoms with van der Waals surface area (Å²) in [4.78, 5) is 0. The maximum atomic E-state index is 6.05. The molecule has 1 fully saturated rings. The minimum atomic E-state index is 0.0206. The lowest BCUT2D eigenvalue weighted by Gasteiger charge is -2.28. The summed E-state index contributed by atoms with van der Waals surface area (Å²) in [6, 6.07) is 4.01. The van der Waals surface area contributed by atoms with Crippen molar-refractivity contribution in [1.29, 1.82) is 0 Å². The van der Waals surface area contributed by atoms with Gasteiger partial charge in [-0.05, 0) is 25.3 Å². The highest BCUT2D eigenvalue weighted by Gasteiger charge is 2.24. The minimum absolute atomic E-state index is 0.0206. The van der Waals surface area contributed by atoms with E-state index in [9.17, 15) is 0 Å². The average molecular weight is 249 g/mol. The van der Waals surface area contributed by atoms with E-state index in [1.54, 1.807) is 0 Å². The SMILES string of the molecule is CC(C)(C)c1ccc(O[C@@H]2CCCC[C@H]2N)nn1. The van der Waals surface area contributed by atoms with Crippen LogP contribution < -0.4 is 10.5 Å². The van der Waals surface area contributed by atoms with Crippen LogP contribution in [0.25, 0.3) is 0 Å². The summed E-state index contributed by atoms with van der Waals surface area (Å²) in [5.74, 6) is 0.588. The zero-order valence-electron chi connectivity index (χ0n) is 11.5. The standard InChI is InChI=1S/C14H23N3O/c1-14(2,3)12-8-9-13(17-16-12)18-11-7-5-4-6-10(11)15/h8-11H,4-7,15H2,1-3H3/t10-,11-/m1/s1. The molecule has 1 heterocycles. The Morgan fingerprint density at radius 2 is 1.89 bits per heavy atom. The molecular weight excluding hydrogens is 226 g/mol. The van der Waals surface area contributed by atoms with Crippen molar-refractivity contribution < 1.29 is 4.74 Å². The normalized spacial score (nSPS) is 24.9. The summed E-state index contributed by atoms with van der Waals surface area (Å²) >= 11 is 0. The molecule has 0 saturated heterocycles. The van der Waals surface area contributed by atoms with E-state index < -0.39 is 0 Å². The first-order chi connectivity index (χ1) is 8.47. The lowest BCUT2D eigenvalue weighted by Crippen LogP contribution is -2.41. The molecule has 2 rings (SSSR count). The molecule has 0 radical (unpaired) electrons. The second kappa shape index (κ2) is 5.22. The van der Waals surface area contributed by atoms with Gasteiger partial charge in [-0.2, -0.15) is 5.10 Å². The Bertz CT molecular complexity index is 383. The fraction of sp³-hybridized carbons (Fsp3) is 0.714. The van der Waals surface area contributed by atoms with Crippen LogP contribution in [-0.2, 0) is 5.41 Å². The molecule has 1 aromatic rings. The Labute approximate surface area is 109 Å². The van der Waals surface area contributed by atoms with Gasteiger partial charge >= 0.3 is 0 Å². The van der Waals surface area contributed by atoms with Gasteiger partial charge in [-0.3, -0.25) is 0 Å². The number of nitrogens with two attached hydrogens (primary N) is 1. The van der Waals surface area contributed by atoms with E-state index >= 15 is 0 Å². The molecule has 1 aliphatic rings.